The van der Waals surface area contributed by atoms with Gasteiger partial charge in [-0.1, -0.05) is 0 Å². The van der Waals surface area contributed by atoms with E-state index in [4.69, 9.17) is 21.1 Å². The zero-order valence-electron chi connectivity index (χ0n) is 10.8. The number of carbonyl (C=O) groups is 1. The second kappa shape index (κ2) is 6.23. The minimum absolute atomic E-state index is 0.322. The lowest BCUT2D eigenvalue weighted by Gasteiger charge is -2.15. The number of hydrazine groups is 1. The quantitative estimate of drug-likeness (QED) is 0.386. The summed E-state index contributed by atoms with van der Waals surface area (Å²) in [5.41, 5.74) is 9.51. The fourth-order valence-electron chi connectivity index (χ4n) is 1.71. The largest absolute Gasteiger partial charge is 0.496 e. The highest BCUT2D eigenvalue weighted by Gasteiger charge is 2.17. The Kier molecular flexibility index (Phi) is 4.94. The maximum absolute atomic E-state index is 11.3. The molecule has 1 unspecified atom stereocenters. The molecule has 5 N–H and O–H groups in total. The number of benzene rings is 1. The molecule has 0 radical (unpaired) electrons. The van der Waals surface area contributed by atoms with Crippen LogP contribution in [0.15, 0.2) is 12.1 Å². The van der Waals surface area contributed by atoms with Gasteiger partial charge in [0.2, 0.25) is 0 Å². The highest BCUT2D eigenvalue weighted by Crippen LogP contribution is 2.28. The number of amides is 1. The van der Waals surface area contributed by atoms with Crippen LogP contribution < -0.4 is 26.5 Å². The van der Waals surface area contributed by atoms with Crippen LogP contribution in [0.4, 0.5) is 0 Å². The topological polar surface area (TPSA) is 99.6 Å². The van der Waals surface area contributed by atoms with Gasteiger partial charge in [0.25, 0.3) is 5.91 Å². The summed E-state index contributed by atoms with van der Waals surface area (Å²) >= 11 is 0. The van der Waals surface area contributed by atoms with E-state index in [1.807, 2.05) is 24.5 Å². The van der Waals surface area contributed by atoms with Gasteiger partial charge < -0.3 is 15.2 Å². The third-order valence-corrected chi connectivity index (χ3v) is 2.72. The van der Waals surface area contributed by atoms with Crippen molar-refractivity contribution in [2.45, 2.75) is 19.4 Å². The minimum Gasteiger partial charge on any atom is -0.496 e. The number of hydrogen-bond donors (Lipinski definition) is 3. The second-order valence-corrected chi connectivity index (χ2v) is 3.95. The summed E-state index contributed by atoms with van der Waals surface area (Å²) in [5, 5.41) is 0. The van der Waals surface area contributed by atoms with Crippen LogP contribution >= 0.6 is 0 Å². The second-order valence-electron chi connectivity index (χ2n) is 3.95. The summed E-state index contributed by atoms with van der Waals surface area (Å²) in [6, 6.07) is 2.94. The summed E-state index contributed by atoms with van der Waals surface area (Å²) in [4.78, 5) is 11.3. The Bertz CT molecular complexity index is 435. The predicted octanol–water partition coefficient (Wildman–Crippen LogP) is -0.128. The maximum atomic E-state index is 11.3. The zero-order valence-corrected chi connectivity index (χ0v) is 10.8. The van der Waals surface area contributed by atoms with Crippen LogP contribution in [0.1, 0.15) is 11.1 Å². The molecule has 18 heavy (non-hydrogen) atoms. The molecule has 0 aliphatic carbocycles. The Labute approximate surface area is 106 Å². The van der Waals surface area contributed by atoms with E-state index in [0.29, 0.717) is 12.2 Å². The van der Waals surface area contributed by atoms with Crippen LogP contribution in [0, 0.1) is 6.92 Å². The fourth-order valence-corrected chi connectivity index (χ4v) is 1.71. The van der Waals surface area contributed by atoms with Crippen LogP contribution in [0.5, 0.6) is 11.5 Å². The van der Waals surface area contributed by atoms with E-state index in [9.17, 15) is 4.79 Å². The summed E-state index contributed by atoms with van der Waals surface area (Å²) in [5.74, 6) is 6.02. The number of ether oxygens (including phenoxy) is 2. The van der Waals surface area contributed by atoms with Crippen LogP contribution in [0.2, 0.25) is 0 Å². The van der Waals surface area contributed by atoms with E-state index in [0.717, 1.165) is 16.9 Å². The lowest BCUT2D eigenvalue weighted by molar-refractivity contribution is -0.122. The summed E-state index contributed by atoms with van der Waals surface area (Å²) < 4.78 is 10.5. The standard InChI is InChI=1S/C12H19N3O3/c1-7-4-11(18-3)8(6-10(7)17-2)5-9(13)12(16)15-14/h4,6,9H,5,13-14H2,1-3H3,(H,15,16). The third-order valence-electron chi connectivity index (χ3n) is 2.72. The van der Waals surface area contributed by atoms with Crippen molar-refractivity contribution in [1.29, 1.82) is 0 Å². The number of nitrogens with two attached hydrogens (primary N) is 2. The Morgan fingerprint density at radius 3 is 2.44 bits per heavy atom. The molecule has 0 saturated carbocycles. The molecule has 0 heterocycles. The molecule has 0 aliphatic heterocycles. The molecule has 0 fully saturated rings. The van der Waals surface area contributed by atoms with Gasteiger partial charge in [-0.05, 0) is 30.2 Å². The Balaban J connectivity index is 3.03. The molecule has 1 aromatic rings. The van der Waals surface area contributed by atoms with Crippen LogP contribution in [0.25, 0.3) is 0 Å². The van der Waals surface area contributed by atoms with Crippen molar-refractivity contribution < 1.29 is 14.3 Å². The molecule has 0 aliphatic rings. The summed E-state index contributed by atoms with van der Waals surface area (Å²) in [6.45, 7) is 1.91. The van der Waals surface area contributed by atoms with Crippen LogP contribution in [-0.4, -0.2) is 26.2 Å². The molecule has 1 atom stereocenters. The lowest BCUT2D eigenvalue weighted by Crippen LogP contribution is -2.45. The van der Waals surface area contributed by atoms with E-state index >= 15 is 0 Å². The molecule has 0 aromatic heterocycles. The predicted molar refractivity (Wildman–Crippen MR) is 68.3 cm³/mol. The normalized spacial score (nSPS) is 11.8. The number of methoxy groups -OCH3 is 2. The molecule has 1 aromatic carbocycles. The van der Waals surface area contributed by atoms with Crippen molar-refractivity contribution in [3.05, 3.63) is 23.3 Å². The molecule has 0 spiro atoms. The van der Waals surface area contributed by atoms with Gasteiger partial charge >= 0.3 is 0 Å². The first-order valence-corrected chi connectivity index (χ1v) is 5.51. The van der Waals surface area contributed by atoms with Crippen molar-refractivity contribution in [3.8, 4) is 11.5 Å². The smallest absolute Gasteiger partial charge is 0.251 e. The number of nitrogens with one attached hydrogen (secondary N) is 1. The molecule has 6 nitrogen and oxygen atoms in total. The zero-order chi connectivity index (χ0) is 13.7. The van der Waals surface area contributed by atoms with E-state index in [1.54, 1.807) is 14.2 Å². The number of aryl methyl sites for hydroxylation is 1. The lowest BCUT2D eigenvalue weighted by atomic mass is 10.0. The van der Waals surface area contributed by atoms with Gasteiger partial charge in [-0.2, -0.15) is 0 Å². The highest BCUT2D eigenvalue weighted by molar-refractivity contribution is 5.81. The Morgan fingerprint density at radius 1 is 1.33 bits per heavy atom. The van der Waals surface area contributed by atoms with Crippen molar-refractivity contribution in [1.82, 2.24) is 5.43 Å². The van der Waals surface area contributed by atoms with E-state index < -0.39 is 11.9 Å². The monoisotopic (exact) mass is 253 g/mol. The van der Waals surface area contributed by atoms with Crippen LogP contribution in [0.3, 0.4) is 0 Å². The molecule has 100 valence electrons. The third kappa shape index (κ3) is 3.12. The summed E-state index contributed by atoms with van der Waals surface area (Å²) in [6.07, 6.45) is 0.322. The molecule has 0 saturated heterocycles. The van der Waals surface area contributed by atoms with E-state index in [2.05, 4.69) is 0 Å². The first kappa shape index (κ1) is 14.3. The number of rotatable bonds is 5. The minimum atomic E-state index is -0.726. The number of carbonyl (C=O) groups excluding carboxylic acids is 1. The molecule has 0 bridgehead atoms. The Hall–Kier alpha value is -1.79. The SMILES string of the molecule is COc1cc(CC(N)C(=O)NN)c(OC)cc1C. The highest BCUT2D eigenvalue weighted by atomic mass is 16.5. The fraction of sp³-hybridized carbons (Fsp3) is 0.417. The van der Waals surface area contributed by atoms with Crippen LogP contribution in [-0.2, 0) is 11.2 Å². The average molecular weight is 253 g/mol. The maximum Gasteiger partial charge on any atom is 0.251 e. The summed E-state index contributed by atoms with van der Waals surface area (Å²) in [7, 11) is 3.16. The molecule has 1 rings (SSSR count). The average Bonchev–Trinajstić information content (AvgIpc) is 2.38. The van der Waals surface area contributed by atoms with Gasteiger partial charge in [0.05, 0.1) is 20.3 Å². The van der Waals surface area contributed by atoms with Gasteiger partial charge in [0.15, 0.2) is 0 Å². The molecule has 1 amide bonds. The number of hydrogen-bond acceptors (Lipinski definition) is 5. The van der Waals surface area contributed by atoms with Gasteiger partial charge in [0.1, 0.15) is 11.5 Å². The molecular formula is C12H19N3O3. The van der Waals surface area contributed by atoms with E-state index in [1.165, 1.54) is 0 Å². The van der Waals surface area contributed by atoms with Gasteiger partial charge in [-0.3, -0.25) is 10.2 Å². The first-order chi connectivity index (χ1) is 8.53. The van der Waals surface area contributed by atoms with Gasteiger partial charge in [0, 0.05) is 6.42 Å². The van der Waals surface area contributed by atoms with Crippen molar-refractivity contribution in [2.24, 2.45) is 11.6 Å². The van der Waals surface area contributed by atoms with Crippen molar-refractivity contribution >= 4 is 5.91 Å². The van der Waals surface area contributed by atoms with Crippen molar-refractivity contribution in [3.63, 3.8) is 0 Å². The first-order valence-electron chi connectivity index (χ1n) is 5.51. The Morgan fingerprint density at radius 2 is 1.94 bits per heavy atom. The molecule has 6 heteroatoms. The van der Waals surface area contributed by atoms with E-state index in [-0.39, 0.29) is 0 Å². The van der Waals surface area contributed by atoms with Crippen molar-refractivity contribution in [2.75, 3.05) is 14.2 Å². The van der Waals surface area contributed by atoms with Gasteiger partial charge in [-0.25, -0.2) is 5.84 Å². The van der Waals surface area contributed by atoms with Gasteiger partial charge in [-0.15, -0.1) is 0 Å². The molecular weight excluding hydrogens is 234 g/mol.